The van der Waals surface area contributed by atoms with E-state index in [1.807, 2.05) is 6.07 Å². The monoisotopic (exact) mass is 290 g/mol. The lowest BCUT2D eigenvalue weighted by molar-refractivity contribution is 0.305. The van der Waals surface area contributed by atoms with E-state index in [-0.39, 0.29) is 6.61 Å². The molecule has 0 radical (unpaired) electrons. The number of hydrogen-bond donors (Lipinski definition) is 1. The molecule has 2 N–H and O–H groups in total. The van der Waals surface area contributed by atoms with E-state index in [1.165, 1.54) is 18.2 Å². The molecule has 0 bridgehead atoms. The summed E-state index contributed by atoms with van der Waals surface area (Å²) in [5.74, 6) is 0.0594. The largest absolute Gasteiger partial charge is 0.487 e. The van der Waals surface area contributed by atoms with Gasteiger partial charge in [0.15, 0.2) is 0 Å². The zero-order valence-electron chi connectivity index (χ0n) is 10.6. The van der Waals surface area contributed by atoms with E-state index in [0.29, 0.717) is 28.4 Å². The molecule has 102 valence electrons. The summed E-state index contributed by atoms with van der Waals surface area (Å²) >= 11 is 6.06. The Bertz CT molecular complexity index is 667. The Morgan fingerprint density at radius 1 is 1.25 bits per heavy atom. The zero-order chi connectivity index (χ0) is 14.5. The first kappa shape index (κ1) is 14.3. The molecular weight excluding hydrogens is 279 g/mol. The van der Waals surface area contributed by atoms with Crippen molar-refractivity contribution in [2.45, 2.75) is 13.2 Å². The van der Waals surface area contributed by atoms with Crippen LogP contribution in [0.4, 0.5) is 4.39 Å². The maximum atomic E-state index is 13.2. The van der Waals surface area contributed by atoms with Crippen molar-refractivity contribution in [1.82, 2.24) is 0 Å². The molecule has 2 rings (SSSR count). The number of benzene rings is 2. The molecule has 2 aromatic carbocycles. The van der Waals surface area contributed by atoms with Crippen molar-refractivity contribution in [2.24, 2.45) is 5.73 Å². The van der Waals surface area contributed by atoms with E-state index in [4.69, 9.17) is 27.3 Å². The summed E-state index contributed by atoms with van der Waals surface area (Å²) in [4.78, 5) is 0. The first-order valence-electron chi connectivity index (χ1n) is 5.94. The Morgan fingerprint density at radius 2 is 2.05 bits per heavy atom. The predicted octanol–water partition coefficient (Wildman–Crippen LogP) is 3.39. The van der Waals surface area contributed by atoms with Crippen LogP contribution in [0.2, 0.25) is 5.02 Å². The van der Waals surface area contributed by atoms with Crippen LogP contribution in [0.3, 0.4) is 0 Å². The normalized spacial score (nSPS) is 10.1. The number of nitrogens with zero attached hydrogens (tertiary/aromatic N) is 1. The van der Waals surface area contributed by atoms with Crippen molar-refractivity contribution in [3.8, 4) is 11.8 Å². The first-order valence-corrected chi connectivity index (χ1v) is 6.31. The predicted molar refractivity (Wildman–Crippen MR) is 74.8 cm³/mol. The lowest BCUT2D eigenvalue weighted by atomic mass is 10.1. The van der Waals surface area contributed by atoms with E-state index in [0.717, 1.165) is 5.56 Å². The summed E-state index contributed by atoms with van der Waals surface area (Å²) in [5, 5.41) is 9.39. The number of nitriles is 1. The summed E-state index contributed by atoms with van der Waals surface area (Å²) in [6, 6.07) is 11.2. The molecule has 0 aromatic heterocycles. The van der Waals surface area contributed by atoms with Gasteiger partial charge in [0.05, 0.1) is 16.7 Å². The standard InChI is InChI=1S/C15H12ClFN2O/c16-14-5-10(7-18)1-4-15(14)20-9-12-6-13(17)3-2-11(12)8-19/h1-6H,7,9,18H2. The Balaban J connectivity index is 2.17. The number of ether oxygens (including phenoxy) is 1. The third kappa shape index (κ3) is 3.27. The summed E-state index contributed by atoms with van der Waals surface area (Å²) in [5.41, 5.74) is 7.26. The number of nitrogens with two attached hydrogens (primary N) is 1. The highest BCUT2D eigenvalue weighted by Crippen LogP contribution is 2.26. The molecule has 0 saturated carbocycles. The van der Waals surface area contributed by atoms with Gasteiger partial charge in [0.2, 0.25) is 0 Å². The van der Waals surface area contributed by atoms with Crippen molar-refractivity contribution >= 4 is 11.6 Å². The molecule has 0 spiro atoms. The minimum Gasteiger partial charge on any atom is -0.487 e. The SMILES string of the molecule is N#Cc1ccc(F)cc1COc1ccc(CN)cc1Cl. The summed E-state index contributed by atoms with van der Waals surface area (Å²) in [6.45, 7) is 0.463. The van der Waals surface area contributed by atoms with Crippen LogP contribution in [-0.4, -0.2) is 0 Å². The molecule has 20 heavy (non-hydrogen) atoms. The van der Waals surface area contributed by atoms with E-state index in [1.54, 1.807) is 18.2 Å². The molecule has 0 heterocycles. The van der Waals surface area contributed by atoms with Crippen LogP contribution in [0.1, 0.15) is 16.7 Å². The molecule has 0 aliphatic rings. The van der Waals surface area contributed by atoms with Crippen molar-refractivity contribution in [3.63, 3.8) is 0 Å². The fourth-order valence-electron chi connectivity index (χ4n) is 1.73. The Kier molecular flexibility index (Phi) is 4.57. The zero-order valence-corrected chi connectivity index (χ0v) is 11.3. The van der Waals surface area contributed by atoms with Gasteiger partial charge in [-0.1, -0.05) is 17.7 Å². The van der Waals surface area contributed by atoms with Gasteiger partial charge in [-0.25, -0.2) is 4.39 Å². The van der Waals surface area contributed by atoms with Gasteiger partial charge in [0, 0.05) is 12.1 Å². The second-order valence-electron chi connectivity index (χ2n) is 4.17. The Morgan fingerprint density at radius 3 is 2.70 bits per heavy atom. The van der Waals surface area contributed by atoms with Crippen LogP contribution in [0.15, 0.2) is 36.4 Å². The maximum Gasteiger partial charge on any atom is 0.138 e. The lowest BCUT2D eigenvalue weighted by Crippen LogP contribution is -2.01. The van der Waals surface area contributed by atoms with E-state index >= 15 is 0 Å². The number of halogens is 2. The second-order valence-corrected chi connectivity index (χ2v) is 4.58. The average molecular weight is 291 g/mol. The molecule has 0 amide bonds. The molecule has 0 saturated heterocycles. The molecule has 0 atom stereocenters. The molecule has 0 unspecified atom stereocenters. The second kappa shape index (κ2) is 6.38. The average Bonchev–Trinajstić information content (AvgIpc) is 2.46. The Labute approximate surface area is 121 Å². The van der Waals surface area contributed by atoms with E-state index in [2.05, 4.69) is 0 Å². The van der Waals surface area contributed by atoms with Gasteiger partial charge in [0.1, 0.15) is 18.2 Å². The van der Waals surface area contributed by atoms with Crippen LogP contribution >= 0.6 is 11.6 Å². The highest BCUT2D eigenvalue weighted by atomic mass is 35.5. The van der Waals surface area contributed by atoms with Gasteiger partial charge >= 0.3 is 0 Å². The minimum absolute atomic E-state index is 0.0718. The van der Waals surface area contributed by atoms with Gasteiger partial charge in [-0.3, -0.25) is 0 Å². The summed E-state index contributed by atoms with van der Waals surface area (Å²) in [7, 11) is 0. The van der Waals surface area contributed by atoms with Crippen LogP contribution < -0.4 is 10.5 Å². The lowest BCUT2D eigenvalue weighted by Gasteiger charge is -2.10. The van der Waals surface area contributed by atoms with E-state index in [9.17, 15) is 4.39 Å². The first-order chi connectivity index (χ1) is 9.63. The van der Waals surface area contributed by atoms with Crippen LogP contribution in [0.5, 0.6) is 5.75 Å². The summed E-state index contributed by atoms with van der Waals surface area (Å²) < 4.78 is 18.7. The fourth-order valence-corrected chi connectivity index (χ4v) is 1.99. The van der Waals surface area contributed by atoms with Crippen LogP contribution in [0, 0.1) is 17.1 Å². The van der Waals surface area contributed by atoms with E-state index < -0.39 is 5.82 Å². The molecule has 3 nitrogen and oxygen atoms in total. The van der Waals surface area contributed by atoms with Gasteiger partial charge < -0.3 is 10.5 Å². The smallest absolute Gasteiger partial charge is 0.138 e. The maximum absolute atomic E-state index is 13.2. The quantitative estimate of drug-likeness (QED) is 0.939. The van der Waals surface area contributed by atoms with Gasteiger partial charge in [0.25, 0.3) is 0 Å². The number of hydrogen-bond acceptors (Lipinski definition) is 3. The van der Waals surface area contributed by atoms with Crippen molar-refractivity contribution < 1.29 is 9.13 Å². The molecular formula is C15H12ClFN2O. The molecule has 2 aromatic rings. The van der Waals surface area contributed by atoms with Crippen LogP contribution in [-0.2, 0) is 13.2 Å². The van der Waals surface area contributed by atoms with Crippen molar-refractivity contribution in [1.29, 1.82) is 5.26 Å². The third-order valence-corrected chi connectivity index (χ3v) is 3.10. The molecule has 5 heteroatoms. The highest BCUT2D eigenvalue weighted by molar-refractivity contribution is 6.32. The van der Waals surface area contributed by atoms with Gasteiger partial charge in [-0.15, -0.1) is 0 Å². The highest BCUT2D eigenvalue weighted by Gasteiger charge is 2.07. The van der Waals surface area contributed by atoms with Crippen LogP contribution in [0.25, 0.3) is 0 Å². The topological polar surface area (TPSA) is 59.0 Å². The minimum atomic E-state index is -0.410. The molecule has 0 aliphatic carbocycles. The molecule has 0 fully saturated rings. The molecule has 0 aliphatic heterocycles. The Hall–Kier alpha value is -2.09. The van der Waals surface area contributed by atoms with Gasteiger partial charge in [-0.2, -0.15) is 5.26 Å². The van der Waals surface area contributed by atoms with Crippen molar-refractivity contribution in [3.05, 3.63) is 63.9 Å². The van der Waals surface area contributed by atoms with Gasteiger partial charge in [-0.05, 0) is 35.9 Å². The summed E-state index contributed by atoms with van der Waals surface area (Å²) in [6.07, 6.45) is 0. The number of rotatable bonds is 4. The third-order valence-electron chi connectivity index (χ3n) is 2.80. The van der Waals surface area contributed by atoms with Crippen molar-refractivity contribution in [2.75, 3.05) is 0 Å². The fraction of sp³-hybridized carbons (Fsp3) is 0.133.